The van der Waals surface area contributed by atoms with Crippen molar-refractivity contribution in [2.24, 2.45) is 0 Å². The SMILES string of the molecule is Cc1cn(CCCO)c2ccc(C(C)C)cc12. The molecule has 0 saturated heterocycles. The van der Waals surface area contributed by atoms with Gasteiger partial charge in [-0.05, 0) is 42.5 Å². The van der Waals surface area contributed by atoms with E-state index in [9.17, 15) is 0 Å². The van der Waals surface area contributed by atoms with Crippen LogP contribution in [0.3, 0.4) is 0 Å². The van der Waals surface area contributed by atoms with E-state index in [0.717, 1.165) is 13.0 Å². The summed E-state index contributed by atoms with van der Waals surface area (Å²) in [5, 5.41) is 10.3. The number of aliphatic hydroxyl groups is 1. The summed E-state index contributed by atoms with van der Waals surface area (Å²) in [4.78, 5) is 0. The Hall–Kier alpha value is -1.28. The minimum Gasteiger partial charge on any atom is -0.396 e. The molecule has 2 rings (SSSR count). The largest absolute Gasteiger partial charge is 0.396 e. The van der Waals surface area contributed by atoms with Gasteiger partial charge < -0.3 is 9.67 Å². The van der Waals surface area contributed by atoms with Crippen molar-refractivity contribution < 1.29 is 5.11 Å². The summed E-state index contributed by atoms with van der Waals surface area (Å²) in [6.45, 7) is 7.74. The van der Waals surface area contributed by atoms with E-state index in [1.54, 1.807) is 0 Å². The van der Waals surface area contributed by atoms with Gasteiger partial charge >= 0.3 is 0 Å². The van der Waals surface area contributed by atoms with E-state index in [2.05, 4.69) is 49.7 Å². The second-order valence-electron chi connectivity index (χ2n) is 5.01. The second-order valence-corrected chi connectivity index (χ2v) is 5.01. The first-order valence-electron chi connectivity index (χ1n) is 6.33. The lowest BCUT2D eigenvalue weighted by molar-refractivity contribution is 0.280. The molecule has 0 amide bonds. The molecular formula is C15H21NO. The summed E-state index contributed by atoms with van der Waals surface area (Å²) >= 11 is 0. The van der Waals surface area contributed by atoms with Gasteiger partial charge in [0.2, 0.25) is 0 Å². The Morgan fingerprint density at radius 1 is 1.29 bits per heavy atom. The van der Waals surface area contributed by atoms with Crippen LogP contribution in [-0.2, 0) is 6.54 Å². The zero-order valence-corrected chi connectivity index (χ0v) is 10.9. The van der Waals surface area contributed by atoms with Crippen LogP contribution in [0.2, 0.25) is 0 Å². The molecule has 2 nitrogen and oxygen atoms in total. The number of aryl methyl sites for hydroxylation is 2. The summed E-state index contributed by atoms with van der Waals surface area (Å²) in [5.41, 5.74) is 3.99. The summed E-state index contributed by atoms with van der Waals surface area (Å²) in [6.07, 6.45) is 3.00. The average Bonchev–Trinajstić information content (AvgIpc) is 2.63. The van der Waals surface area contributed by atoms with Crippen LogP contribution in [0.25, 0.3) is 10.9 Å². The van der Waals surface area contributed by atoms with Crippen LogP contribution in [0.5, 0.6) is 0 Å². The normalized spacial score (nSPS) is 11.6. The van der Waals surface area contributed by atoms with Crippen molar-refractivity contribution in [3.8, 4) is 0 Å². The number of fused-ring (bicyclic) bond motifs is 1. The Labute approximate surface area is 103 Å². The highest BCUT2D eigenvalue weighted by molar-refractivity contribution is 5.84. The first-order valence-corrected chi connectivity index (χ1v) is 6.33. The third-order valence-corrected chi connectivity index (χ3v) is 3.33. The number of hydrogen-bond donors (Lipinski definition) is 1. The first-order chi connectivity index (χ1) is 8.13. The van der Waals surface area contributed by atoms with Crippen LogP contribution in [0.4, 0.5) is 0 Å². The summed E-state index contributed by atoms with van der Waals surface area (Å²) < 4.78 is 2.24. The molecule has 0 unspecified atom stereocenters. The molecule has 0 aliphatic carbocycles. The highest BCUT2D eigenvalue weighted by Crippen LogP contribution is 2.25. The van der Waals surface area contributed by atoms with E-state index in [4.69, 9.17) is 5.11 Å². The molecule has 92 valence electrons. The Bertz CT molecular complexity index is 511. The van der Waals surface area contributed by atoms with E-state index in [1.165, 1.54) is 22.0 Å². The van der Waals surface area contributed by atoms with Gasteiger partial charge in [-0.2, -0.15) is 0 Å². The maximum atomic E-state index is 8.91. The molecular weight excluding hydrogens is 210 g/mol. The van der Waals surface area contributed by atoms with Crippen molar-refractivity contribution in [2.45, 2.75) is 39.7 Å². The summed E-state index contributed by atoms with van der Waals surface area (Å²) in [6, 6.07) is 6.71. The number of benzene rings is 1. The summed E-state index contributed by atoms with van der Waals surface area (Å²) in [5.74, 6) is 0.569. The van der Waals surface area contributed by atoms with Crippen molar-refractivity contribution in [3.63, 3.8) is 0 Å². The van der Waals surface area contributed by atoms with Gasteiger partial charge in [-0.25, -0.2) is 0 Å². The molecule has 0 radical (unpaired) electrons. The lowest BCUT2D eigenvalue weighted by atomic mass is 10.0. The minimum absolute atomic E-state index is 0.253. The van der Waals surface area contributed by atoms with Gasteiger partial charge in [-0.1, -0.05) is 19.9 Å². The minimum atomic E-state index is 0.253. The van der Waals surface area contributed by atoms with Gasteiger partial charge in [-0.15, -0.1) is 0 Å². The fourth-order valence-corrected chi connectivity index (χ4v) is 2.28. The predicted octanol–water partition coefficient (Wildman–Crippen LogP) is 3.46. The highest BCUT2D eigenvalue weighted by Gasteiger charge is 2.07. The van der Waals surface area contributed by atoms with Gasteiger partial charge in [0.05, 0.1) is 0 Å². The van der Waals surface area contributed by atoms with Crippen molar-refractivity contribution in [3.05, 3.63) is 35.5 Å². The molecule has 2 aromatic rings. The Kier molecular flexibility index (Phi) is 3.53. The first kappa shape index (κ1) is 12.2. The monoisotopic (exact) mass is 231 g/mol. The molecule has 17 heavy (non-hydrogen) atoms. The van der Waals surface area contributed by atoms with E-state index in [-0.39, 0.29) is 6.61 Å². The number of hydrogen-bond acceptors (Lipinski definition) is 1. The third kappa shape index (κ3) is 2.37. The topological polar surface area (TPSA) is 25.2 Å². The molecule has 0 bridgehead atoms. The molecule has 0 spiro atoms. The molecule has 0 fully saturated rings. The van der Waals surface area contributed by atoms with Crippen LogP contribution in [0.1, 0.15) is 37.3 Å². The fourth-order valence-electron chi connectivity index (χ4n) is 2.28. The average molecular weight is 231 g/mol. The lowest BCUT2D eigenvalue weighted by Gasteiger charge is -2.07. The predicted molar refractivity (Wildman–Crippen MR) is 72.5 cm³/mol. The van der Waals surface area contributed by atoms with Crippen molar-refractivity contribution >= 4 is 10.9 Å². The van der Waals surface area contributed by atoms with Gasteiger partial charge in [0, 0.05) is 30.3 Å². The Morgan fingerprint density at radius 3 is 2.71 bits per heavy atom. The van der Waals surface area contributed by atoms with Gasteiger partial charge in [0.15, 0.2) is 0 Å². The molecule has 1 heterocycles. The van der Waals surface area contributed by atoms with Crippen molar-refractivity contribution in [1.29, 1.82) is 0 Å². The van der Waals surface area contributed by atoms with Crippen LogP contribution in [0, 0.1) is 6.92 Å². The standard InChI is InChI=1S/C15H21NO/c1-11(2)13-5-6-15-14(9-13)12(3)10-16(15)7-4-8-17/h5-6,9-11,17H,4,7-8H2,1-3H3. The van der Waals surface area contributed by atoms with E-state index in [1.807, 2.05) is 0 Å². The maximum Gasteiger partial charge on any atom is 0.0483 e. The fraction of sp³-hybridized carbons (Fsp3) is 0.467. The number of aromatic nitrogens is 1. The smallest absolute Gasteiger partial charge is 0.0483 e. The molecule has 2 heteroatoms. The van der Waals surface area contributed by atoms with Crippen LogP contribution >= 0.6 is 0 Å². The summed E-state index contributed by atoms with van der Waals surface area (Å²) in [7, 11) is 0. The van der Waals surface area contributed by atoms with E-state index in [0.29, 0.717) is 5.92 Å². The van der Waals surface area contributed by atoms with E-state index >= 15 is 0 Å². The molecule has 0 aliphatic heterocycles. The lowest BCUT2D eigenvalue weighted by Crippen LogP contribution is -1.98. The Morgan fingerprint density at radius 2 is 2.06 bits per heavy atom. The molecule has 0 aliphatic rings. The quantitative estimate of drug-likeness (QED) is 0.856. The molecule has 1 aromatic carbocycles. The number of rotatable bonds is 4. The Balaban J connectivity index is 2.45. The second kappa shape index (κ2) is 4.92. The molecule has 0 atom stereocenters. The van der Waals surface area contributed by atoms with Gasteiger partial charge in [-0.3, -0.25) is 0 Å². The van der Waals surface area contributed by atoms with Crippen LogP contribution < -0.4 is 0 Å². The number of nitrogens with zero attached hydrogens (tertiary/aromatic N) is 1. The van der Waals surface area contributed by atoms with Crippen LogP contribution in [0.15, 0.2) is 24.4 Å². The zero-order chi connectivity index (χ0) is 12.4. The van der Waals surface area contributed by atoms with Gasteiger partial charge in [0.25, 0.3) is 0 Å². The third-order valence-electron chi connectivity index (χ3n) is 3.33. The zero-order valence-electron chi connectivity index (χ0n) is 10.9. The van der Waals surface area contributed by atoms with Crippen molar-refractivity contribution in [2.75, 3.05) is 6.61 Å². The van der Waals surface area contributed by atoms with Gasteiger partial charge in [0.1, 0.15) is 0 Å². The number of aliphatic hydroxyl groups excluding tert-OH is 1. The van der Waals surface area contributed by atoms with Crippen molar-refractivity contribution in [1.82, 2.24) is 4.57 Å². The maximum absolute atomic E-state index is 8.91. The highest BCUT2D eigenvalue weighted by atomic mass is 16.3. The van der Waals surface area contributed by atoms with Crippen LogP contribution in [-0.4, -0.2) is 16.3 Å². The molecule has 1 aromatic heterocycles. The molecule has 1 N–H and O–H groups in total. The molecule has 0 saturated carbocycles. The van der Waals surface area contributed by atoms with E-state index < -0.39 is 0 Å².